The predicted molar refractivity (Wildman–Crippen MR) is 135 cm³/mol. The molecule has 3 fully saturated rings. The standard InChI is InChI=1S/C30H36N2O5/c1-17(33)37-30-11-10-22(32-16-20-4-2-3-5-21(20)28(32)35)27-29(30)12-13-31(15-18-6-7-18)24(30)14-19-8-9-23(34)26(36-27)25(19)29/h8-9,18,22,24,27,34H,2-7,10-16H2,1H3/t22-,24-,27+,29+,30?/m1/s1. The van der Waals surface area contributed by atoms with Crippen molar-refractivity contribution >= 4 is 11.9 Å². The summed E-state index contributed by atoms with van der Waals surface area (Å²) in [6.07, 6.45) is 9.44. The summed E-state index contributed by atoms with van der Waals surface area (Å²) in [5.41, 5.74) is 3.32. The first-order valence-corrected chi connectivity index (χ1v) is 14.4. The number of piperidine rings is 1. The van der Waals surface area contributed by atoms with Crippen molar-refractivity contribution < 1.29 is 24.2 Å². The van der Waals surface area contributed by atoms with Crippen molar-refractivity contribution in [2.45, 2.75) is 100 Å². The molecular weight excluding hydrogens is 468 g/mol. The molecule has 1 aromatic rings. The molecule has 1 N–H and O–H groups in total. The van der Waals surface area contributed by atoms with Gasteiger partial charge in [-0.25, -0.2) is 0 Å². The largest absolute Gasteiger partial charge is 0.504 e. The zero-order valence-electron chi connectivity index (χ0n) is 21.6. The number of aromatic hydroxyl groups is 1. The number of hydrogen-bond donors (Lipinski definition) is 1. The van der Waals surface area contributed by atoms with Crippen LogP contribution in [0.4, 0.5) is 0 Å². The molecule has 5 atom stereocenters. The molecule has 3 heterocycles. The van der Waals surface area contributed by atoms with E-state index in [0.717, 1.165) is 75.1 Å². The third-order valence-corrected chi connectivity index (χ3v) is 10.9. The van der Waals surface area contributed by atoms with Crippen molar-refractivity contribution in [2.75, 3.05) is 19.6 Å². The number of benzene rings is 1. The van der Waals surface area contributed by atoms with Crippen LogP contribution in [0, 0.1) is 5.92 Å². The highest BCUT2D eigenvalue weighted by atomic mass is 16.6. The molecule has 7 aliphatic rings. The summed E-state index contributed by atoms with van der Waals surface area (Å²) in [6, 6.07) is 3.80. The Morgan fingerprint density at radius 1 is 1.19 bits per heavy atom. The first kappa shape index (κ1) is 22.4. The van der Waals surface area contributed by atoms with E-state index >= 15 is 0 Å². The van der Waals surface area contributed by atoms with Gasteiger partial charge in [-0.15, -0.1) is 0 Å². The zero-order chi connectivity index (χ0) is 25.1. The molecule has 4 aliphatic carbocycles. The number of amides is 1. The molecule has 1 unspecified atom stereocenters. The maximum atomic E-state index is 13.7. The maximum Gasteiger partial charge on any atom is 0.303 e. The van der Waals surface area contributed by atoms with Gasteiger partial charge in [-0.05, 0) is 93.9 Å². The topological polar surface area (TPSA) is 79.3 Å². The van der Waals surface area contributed by atoms with E-state index < -0.39 is 11.0 Å². The maximum absolute atomic E-state index is 13.7. The second kappa shape index (κ2) is 7.52. The van der Waals surface area contributed by atoms with E-state index in [1.165, 1.54) is 30.9 Å². The van der Waals surface area contributed by atoms with Crippen molar-refractivity contribution in [1.82, 2.24) is 9.80 Å². The van der Waals surface area contributed by atoms with Crippen LogP contribution >= 0.6 is 0 Å². The minimum atomic E-state index is -0.713. The van der Waals surface area contributed by atoms with Gasteiger partial charge in [0.1, 0.15) is 11.7 Å². The number of esters is 1. The van der Waals surface area contributed by atoms with Crippen molar-refractivity contribution in [2.24, 2.45) is 5.92 Å². The number of carbonyl (C=O) groups is 2. The van der Waals surface area contributed by atoms with Crippen LogP contribution in [-0.4, -0.2) is 70.2 Å². The minimum Gasteiger partial charge on any atom is -0.504 e. The number of carbonyl (C=O) groups excluding carboxylic acids is 2. The van der Waals surface area contributed by atoms with Crippen molar-refractivity contribution in [3.05, 3.63) is 34.4 Å². The molecule has 2 saturated carbocycles. The summed E-state index contributed by atoms with van der Waals surface area (Å²) >= 11 is 0. The van der Waals surface area contributed by atoms with E-state index in [0.29, 0.717) is 18.7 Å². The monoisotopic (exact) mass is 504 g/mol. The third-order valence-electron chi connectivity index (χ3n) is 10.9. The second-order valence-corrected chi connectivity index (χ2v) is 12.7. The highest BCUT2D eigenvalue weighted by Crippen LogP contribution is 2.67. The van der Waals surface area contributed by atoms with E-state index in [-0.39, 0.29) is 35.8 Å². The number of likely N-dealkylation sites (tertiary alicyclic amines) is 1. The molecule has 7 heteroatoms. The lowest BCUT2D eigenvalue weighted by Gasteiger charge is -2.65. The normalized spacial score (nSPS) is 37.8. The molecule has 1 spiro atoms. The lowest BCUT2D eigenvalue weighted by Crippen LogP contribution is -2.79. The molecule has 3 aliphatic heterocycles. The van der Waals surface area contributed by atoms with Gasteiger partial charge < -0.3 is 19.5 Å². The van der Waals surface area contributed by atoms with E-state index in [1.54, 1.807) is 6.07 Å². The van der Waals surface area contributed by atoms with Crippen LogP contribution in [0.25, 0.3) is 0 Å². The SMILES string of the molecule is CC(=O)OC12CC[C@@H](N3CC4=C(CCCC4)C3=O)[C@@H]3Oc4c(O)ccc5c4[C@@]31CCN(CC1CC1)[C@@H]2C5. The smallest absolute Gasteiger partial charge is 0.303 e. The first-order valence-electron chi connectivity index (χ1n) is 14.4. The fourth-order valence-corrected chi connectivity index (χ4v) is 9.33. The predicted octanol–water partition coefficient (Wildman–Crippen LogP) is 3.61. The molecular formula is C30H36N2O5. The molecule has 37 heavy (non-hydrogen) atoms. The van der Waals surface area contributed by atoms with Crippen LogP contribution in [0.1, 0.15) is 75.8 Å². The summed E-state index contributed by atoms with van der Waals surface area (Å²) in [6.45, 7) is 4.21. The quantitative estimate of drug-likeness (QED) is 0.632. The summed E-state index contributed by atoms with van der Waals surface area (Å²) in [7, 11) is 0. The van der Waals surface area contributed by atoms with E-state index in [1.807, 2.05) is 0 Å². The number of phenolic OH excluding ortho intramolecular Hbond substituents is 1. The fraction of sp³-hybridized carbons (Fsp3) is 0.667. The van der Waals surface area contributed by atoms with Crippen molar-refractivity contribution in [3.63, 3.8) is 0 Å². The van der Waals surface area contributed by atoms with Gasteiger partial charge in [0, 0.05) is 31.1 Å². The van der Waals surface area contributed by atoms with E-state index in [4.69, 9.17) is 9.47 Å². The Hall–Kier alpha value is -2.54. The Morgan fingerprint density at radius 2 is 2.03 bits per heavy atom. The summed E-state index contributed by atoms with van der Waals surface area (Å²) in [5.74, 6) is 1.39. The molecule has 2 bridgehead atoms. The molecule has 0 aromatic heterocycles. The van der Waals surface area contributed by atoms with Crippen LogP contribution in [0.2, 0.25) is 0 Å². The van der Waals surface area contributed by atoms with Gasteiger partial charge in [0.05, 0.1) is 17.5 Å². The van der Waals surface area contributed by atoms with Gasteiger partial charge in [0.25, 0.3) is 0 Å². The Bertz CT molecular complexity index is 1250. The summed E-state index contributed by atoms with van der Waals surface area (Å²) in [4.78, 5) is 31.2. The molecule has 1 amide bonds. The summed E-state index contributed by atoms with van der Waals surface area (Å²) in [5, 5.41) is 11.0. The lowest BCUT2D eigenvalue weighted by atomic mass is 9.48. The zero-order valence-corrected chi connectivity index (χ0v) is 21.6. The van der Waals surface area contributed by atoms with Gasteiger partial charge >= 0.3 is 5.97 Å². The van der Waals surface area contributed by atoms with Gasteiger partial charge in [0.15, 0.2) is 11.5 Å². The van der Waals surface area contributed by atoms with Crippen LogP contribution in [-0.2, 0) is 26.2 Å². The van der Waals surface area contributed by atoms with Crippen LogP contribution in [0.5, 0.6) is 11.5 Å². The highest BCUT2D eigenvalue weighted by Gasteiger charge is 2.76. The fourth-order valence-electron chi connectivity index (χ4n) is 9.33. The van der Waals surface area contributed by atoms with Gasteiger partial charge in [-0.2, -0.15) is 0 Å². The Kier molecular flexibility index (Phi) is 4.56. The lowest BCUT2D eigenvalue weighted by molar-refractivity contribution is -0.223. The van der Waals surface area contributed by atoms with Gasteiger partial charge in [0.2, 0.25) is 5.91 Å². The Balaban J connectivity index is 1.27. The highest BCUT2D eigenvalue weighted by molar-refractivity contribution is 5.97. The number of hydrogen-bond acceptors (Lipinski definition) is 6. The van der Waals surface area contributed by atoms with Crippen LogP contribution in [0.15, 0.2) is 23.3 Å². The number of ether oxygens (including phenoxy) is 2. The third kappa shape index (κ3) is 2.82. The number of nitrogens with zero attached hydrogens (tertiary/aromatic N) is 2. The second-order valence-electron chi connectivity index (χ2n) is 12.7. The Morgan fingerprint density at radius 3 is 2.81 bits per heavy atom. The van der Waals surface area contributed by atoms with Gasteiger partial charge in [-0.3, -0.25) is 14.5 Å². The first-order chi connectivity index (χ1) is 17.9. The van der Waals surface area contributed by atoms with E-state index in [9.17, 15) is 14.7 Å². The number of rotatable bonds is 4. The summed E-state index contributed by atoms with van der Waals surface area (Å²) < 4.78 is 13.3. The molecule has 1 aromatic carbocycles. The average Bonchev–Trinajstić information content (AvgIpc) is 3.54. The molecule has 196 valence electrons. The average molecular weight is 505 g/mol. The van der Waals surface area contributed by atoms with Crippen molar-refractivity contribution in [1.29, 1.82) is 0 Å². The molecule has 7 nitrogen and oxygen atoms in total. The van der Waals surface area contributed by atoms with Gasteiger partial charge in [-0.1, -0.05) is 6.07 Å². The van der Waals surface area contributed by atoms with Crippen LogP contribution in [0.3, 0.4) is 0 Å². The molecule has 1 saturated heterocycles. The van der Waals surface area contributed by atoms with Crippen LogP contribution < -0.4 is 4.74 Å². The van der Waals surface area contributed by atoms with Crippen molar-refractivity contribution in [3.8, 4) is 11.5 Å². The molecule has 8 rings (SSSR count). The Labute approximate surface area is 217 Å². The van der Waals surface area contributed by atoms with E-state index in [2.05, 4.69) is 15.9 Å². The minimum absolute atomic E-state index is 0.0846. The number of phenols is 1. The molecule has 0 radical (unpaired) electrons.